The van der Waals surface area contributed by atoms with Crippen LogP contribution in [0.4, 0.5) is 5.69 Å². The maximum Gasteiger partial charge on any atom is 0.283 e. The van der Waals surface area contributed by atoms with Gasteiger partial charge in [0.2, 0.25) is 0 Å². The molecule has 0 aromatic heterocycles. The Morgan fingerprint density at radius 2 is 2.28 bits per heavy atom. The lowest BCUT2D eigenvalue weighted by molar-refractivity contribution is -0.385. The van der Waals surface area contributed by atoms with E-state index in [1.165, 1.54) is 6.07 Å². The fourth-order valence-corrected chi connectivity index (χ4v) is 2.93. The summed E-state index contributed by atoms with van der Waals surface area (Å²) in [5.74, 6) is 1.04. The molecule has 0 aliphatic carbocycles. The Bertz CT molecular complexity index is 415. The van der Waals surface area contributed by atoms with Crippen LogP contribution in [0.3, 0.4) is 0 Å². The molecule has 1 atom stereocenters. The van der Waals surface area contributed by atoms with E-state index in [0.29, 0.717) is 17.1 Å². The van der Waals surface area contributed by atoms with Crippen molar-refractivity contribution >= 4 is 33.4 Å². The van der Waals surface area contributed by atoms with Gasteiger partial charge in [-0.2, -0.15) is 11.8 Å². The van der Waals surface area contributed by atoms with Gasteiger partial charge in [-0.1, -0.05) is 19.1 Å². The molecule has 1 rings (SSSR count). The summed E-state index contributed by atoms with van der Waals surface area (Å²) in [4.78, 5) is 10.5. The van der Waals surface area contributed by atoms with Crippen molar-refractivity contribution in [2.75, 3.05) is 12.0 Å². The highest BCUT2D eigenvalue weighted by atomic mass is 79.9. The molecule has 100 valence electrons. The van der Waals surface area contributed by atoms with Crippen molar-refractivity contribution < 1.29 is 4.92 Å². The molecular formula is C12H17BrN2O2S. The molecule has 6 heteroatoms. The summed E-state index contributed by atoms with van der Waals surface area (Å²) >= 11 is 5.11. The van der Waals surface area contributed by atoms with E-state index in [1.54, 1.807) is 17.8 Å². The van der Waals surface area contributed by atoms with Crippen LogP contribution in [0.2, 0.25) is 0 Å². The average molecular weight is 333 g/mol. The zero-order valence-electron chi connectivity index (χ0n) is 10.5. The summed E-state index contributed by atoms with van der Waals surface area (Å²) in [6.07, 6.45) is 3.13. The maximum atomic E-state index is 10.8. The second-order valence-corrected chi connectivity index (χ2v) is 5.65. The van der Waals surface area contributed by atoms with E-state index in [4.69, 9.17) is 0 Å². The Morgan fingerprint density at radius 1 is 1.56 bits per heavy atom. The number of nitrogens with one attached hydrogen (secondary N) is 1. The van der Waals surface area contributed by atoms with E-state index in [1.807, 2.05) is 6.07 Å². The van der Waals surface area contributed by atoms with Gasteiger partial charge in [-0.05, 0) is 34.2 Å². The first-order valence-electron chi connectivity index (χ1n) is 5.74. The summed E-state index contributed by atoms with van der Waals surface area (Å²) in [6.45, 7) is 2.78. The first kappa shape index (κ1) is 15.5. The van der Waals surface area contributed by atoms with Crippen molar-refractivity contribution in [3.8, 4) is 0 Å². The predicted molar refractivity (Wildman–Crippen MR) is 80.1 cm³/mol. The van der Waals surface area contributed by atoms with Crippen LogP contribution < -0.4 is 5.32 Å². The summed E-state index contributed by atoms with van der Waals surface area (Å²) in [7, 11) is 0. The van der Waals surface area contributed by atoms with E-state index in [2.05, 4.69) is 34.4 Å². The minimum atomic E-state index is -0.368. The number of thioether (sulfide) groups is 1. The molecule has 0 amide bonds. The van der Waals surface area contributed by atoms with Crippen LogP contribution in [0.1, 0.15) is 18.9 Å². The van der Waals surface area contributed by atoms with Gasteiger partial charge in [0.05, 0.1) is 9.40 Å². The summed E-state index contributed by atoms with van der Waals surface area (Å²) in [6, 6.07) is 5.56. The summed E-state index contributed by atoms with van der Waals surface area (Å²) in [5.41, 5.74) is 1.04. The first-order valence-corrected chi connectivity index (χ1v) is 7.92. The monoisotopic (exact) mass is 332 g/mol. The number of nitro benzene ring substituents is 1. The molecule has 1 N–H and O–H groups in total. The lowest BCUT2D eigenvalue weighted by Crippen LogP contribution is -2.30. The highest BCUT2D eigenvalue weighted by Crippen LogP contribution is 2.28. The normalized spacial score (nSPS) is 12.4. The summed E-state index contributed by atoms with van der Waals surface area (Å²) in [5, 5.41) is 14.2. The lowest BCUT2D eigenvalue weighted by Gasteiger charge is -2.16. The molecule has 1 aromatic carbocycles. The molecule has 0 bridgehead atoms. The standard InChI is InChI=1S/C12H17BrN2O2S/c1-3-10(8-18-2)14-7-9-5-4-6-11(12(9)13)15(16)17/h4-6,10,14H,3,7-8H2,1-2H3. The Kier molecular flexibility index (Phi) is 6.67. The summed E-state index contributed by atoms with van der Waals surface area (Å²) < 4.78 is 0.571. The van der Waals surface area contributed by atoms with E-state index in [0.717, 1.165) is 17.7 Å². The van der Waals surface area contributed by atoms with Crippen molar-refractivity contribution in [2.45, 2.75) is 25.9 Å². The van der Waals surface area contributed by atoms with Gasteiger partial charge in [-0.3, -0.25) is 10.1 Å². The molecule has 0 fully saturated rings. The van der Waals surface area contributed by atoms with E-state index >= 15 is 0 Å². The van der Waals surface area contributed by atoms with Gasteiger partial charge >= 0.3 is 0 Å². The van der Waals surface area contributed by atoms with Crippen molar-refractivity contribution in [1.29, 1.82) is 0 Å². The van der Waals surface area contributed by atoms with Gasteiger partial charge in [0, 0.05) is 24.4 Å². The molecule has 1 aromatic rings. The molecule has 0 saturated carbocycles. The van der Waals surface area contributed by atoms with Gasteiger partial charge in [0.1, 0.15) is 0 Å². The highest BCUT2D eigenvalue weighted by molar-refractivity contribution is 9.10. The van der Waals surface area contributed by atoms with Gasteiger partial charge in [-0.25, -0.2) is 0 Å². The van der Waals surface area contributed by atoms with Gasteiger partial charge in [0.25, 0.3) is 5.69 Å². The third kappa shape index (κ3) is 4.26. The zero-order valence-corrected chi connectivity index (χ0v) is 12.9. The SMILES string of the molecule is CCC(CSC)NCc1cccc([N+](=O)[O-])c1Br. The molecule has 0 aliphatic rings. The van der Waals surface area contributed by atoms with Crippen molar-refractivity contribution in [3.05, 3.63) is 38.3 Å². The molecule has 0 spiro atoms. The molecule has 0 radical (unpaired) electrons. The number of halogens is 1. The number of nitrogens with zero attached hydrogens (tertiary/aromatic N) is 1. The average Bonchev–Trinajstić information content (AvgIpc) is 2.35. The molecule has 0 aliphatic heterocycles. The van der Waals surface area contributed by atoms with Crippen molar-refractivity contribution in [3.63, 3.8) is 0 Å². The molecule has 18 heavy (non-hydrogen) atoms. The molecule has 1 unspecified atom stereocenters. The van der Waals surface area contributed by atoms with Crippen molar-refractivity contribution in [2.24, 2.45) is 0 Å². The van der Waals surface area contributed by atoms with E-state index in [-0.39, 0.29) is 10.6 Å². The smallest absolute Gasteiger partial charge is 0.283 e. The lowest BCUT2D eigenvalue weighted by atomic mass is 10.2. The van der Waals surface area contributed by atoms with Gasteiger partial charge < -0.3 is 5.32 Å². The third-order valence-electron chi connectivity index (χ3n) is 2.70. The Balaban J connectivity index is 2.73. The molecule has 0 heterocycles. The molecule has 4 nitrogen and oxygen atoms in total. The number of hydrogen-bond acceptors (Lipinski definition) is 4. The number of nitro groups is 1. The minimum Gasteiger partial charge on any atom is -0.309 e. The van der Waals surface area contributed by atoms with Crippen LogP contribution >= 0.6 is 27.7 Å². The van der Waals surface area contributed by atoms with Crippen LogP contribution in [0, 0.1) is 10.1 Å². The number of rotatable bonds is 7. The minimum absolute atomic E-state index is 0.118. The Hall–Kier alpha value is -0.590. The van der Waals surface area contributed by atoms with Crippen molar-refractivity contribution in [1.82, 2.24) is 5.32 Å². The zero-order chi connectivity index (χ0) is 13.5. The Morgan fingerprint density at radius 3 is 2.83 bits per heavy atom. The Labute approximate surface area is 120 Å². The predicted octanol–water partition coefficient (Wildman–Crippen LogP) is 3.59. The van der Waals surface area contributed by atoms with Crippen LogP contribution in [-0.4, -0.2) is 23.0 Å². The van der Waals surface area contributed by atoms with E-state index < -0.39 is 0 Å². The highest BCUT2D eigenvalue weighted by Gasteiger charge is 2.15. The maximum absolute atomic E-state index is 10.8. The quantitative estimate of drug-likeness (QED) is 0.612. The fourth-order valence-electron chi connectivity index (χ4n) is 1.62. The topological polar surface area (TPSA) is 55.2 Å². The molecular weight excluding hydrogens is 316 g/mol. The largest absolute Gasteiger partial charge is 0.309 e. The van der Waals surface area contributed by atoms with Crippen LogP contribution in [0.25, 0.3) is 0 Å². The van der Waals surface area contributed by atoms with Crippen LogP contribution in [0.5, 0.6) is 0 Å². The first-order chi connectivity index (χ1) is 8.60. The molecule has 0 saturated heterocycles. The number of hydrogen-bond donors (Lipinski definition) is 1. The fraction of sp³-hybridized carbons (Fsp3) is 0.500. The van der Waals surface area contributed by atoms with Gasteiger partial charge in [0.15, 0.2) is 0 Å². The third-order valence-corrected chi connectivity index (χ3v) is 4.35. The number of benzene rings is 1. The second-order valence-electron chi connectivity index (χ2n) is 3.95. The second kappa shape index (κ2) is 7.76. The van der Waals surface area contributed by atoms with Crippen LogP contribution in [-0.2, 0) is 6.54 Å². The van der Waals surface area contributed by atoms with Crippen LogP contribution in [0.15, 0.2) is 22.7 Å². The van der Waals surface area contributed by atoms with E-state index in [9.17, 15) is 10.1 Å². The van der Waals surface area contributed by atoms with Gasteiger partial charge in [-0.15, -0.1) is 0 Å².